The Bertz CT molecular complexity index is 846. The number of carbonyl (C=O) groups is 1. The smallest absolute Gasteiger partial charge is 0.262 e. The van der Waals surface area contributed by atoms with Gasteiger partial charge >= 0.3 is 0 Å². The molecule has 7 heteroatoms. The maximum absolute atomic E-state index is 12.6. The molecule has 3 aliphatic rings. The predicted molar refractivity (Wildman–Crippen MR) is 115 cm³/mol. The average Bonchev–Trinajstić information content (AvgIpc) is 3.04. The average molecular weight is 421 g/mol. The molecule has 1 atom stereocenters. The topological polar surface area (TPSA) is 41.8 Å². The van der Waals surface area contributed by atoms with Crippen molar-refractivity contribution in [3.05, 3.63) is 51.3 Å². The second-order valence-electron chi connectivity index (χ2n) is 6.15. The highest BCUT2D eigenvalue weighted by molar-refractivity contribution is 8.18. The number of amides is 1. The molecule has 0 fully saturated rings. The minimum atomic E-state index is -0.193. The Kier molecular flexibility index (Phi) is 5.93. The van der Waals surface area contributed by atoms with E-state index in [0.717, 1.165) is 27.7 Å². The first-order valence-corrected chi connectivity index (χ1v) is 11.6. The number of allylic oxidation sites excluding steroid dienone is 1. The van der Waals surface area contributed by atoms with E-state index >= 15 is 0 Å². The highest BCUT2D eigenvalue weighted by Gasteiger charge is 2.40. The standard InChI is InChI=1S/C19H17ClN2OS3/c20-10-13(25-12-6-2-1-3-7-12)11-24-19-21-17(23)16-14-8-4-5-9-15(14)26-18(16)22-19/h1-3,6-7,10,16H,4-5,8-9,11H2/b13-10+. The molecule has 0 saturated carbocycles. The summed E-state index contributed by atoms with van der Waals surface area (Å²) in [5.41, 5.74) is 2.87. The number of halogens is 1. The number of nitrogens with zero attached hydrogens (tertiary/aromatic N) is 2. The number of fused-ring (bicyclic) bond motifs is 2. The number of amidine groups is 1. The van der Waals surface area contributed by atoms with Crippen LogP contribution in [-0.2, 0) is 4.79 Å². The lowest BCUT2D eigenvalue weighted by Crippen LogP contribution is -2.25. The van der Waals surface area contributed by atoms with Crippen molar-refractivity contribution in [3.63, 3.8) is 0 Å². The summed E-state index contributed by atoms with van der Waals surface area (Å²) in [7, 11) is 0. The Balaban J connectivity index is 1.41. The minimum Gasteiger partial charge on any atom is -0.271 e. The molecule has 26 heavy (non-hydrogen) atoms. The molecule has 134 valence electrons. The van der Waals surface area contributed by atoms with Crippen molar-refractivity contribution < 1.29 is 4.79 Å². The van der Waals surface area contributed by atoms with Crippen LogP contribution in [0.15, 0.2) is 66.1 Å². The Labute approximate surface area is 170 Å². The van der Waals surface area contributed by atoms with Gasteiger partial charge in [-0.25, -0.2) is 4.99 Å². The van der Waals surface area contributed by atoms with Crippen LogP contribution in [0.3, 0.4) is 0 Å². The number of carbonyl (C=O) groups excluding carboxylic acids is 1. The summed E-state index contributed by atoms with van der Waals surface area (Å²) in [6.45, 7) is 0. The van der Waals surface area contributed by atoms with Crippen LogP contribution in [0.2, 0.25) is 0 Å². The summed E-state index contributed by atoms with van der Waals surface area (Å²) in [4.78, 5) is 25.0. The predicted octanol–water partition coefficient (Wildman–Crippen LogP) is 6.08. The van der Waals surface area contributed by atoms with Gasteiger partial charge in [-0.2, -0.15) is 4.99 Å². The third-order valence-electron chi connectivity index (χ3n) is 4.40. The normalized spacial score (nSPS) is 22.7. The van der Waals surface area contributed by atoms with Crippen molar-refractivity contribution in [3.8, 4) is 0 Å². The molecule has 2 heterocycles. The first-order chi connectivity index (χ1) is 12.7. The van der Waals surface area contributed by atoms with Crippen LogP contribution in [0.1, 0.15) is 25.7 Å². The van der Waals surface area contributed by atoms with E-state index in [2.05, 4.69) is 9.98 Å². The van der Waals surface area contributed by atoms with E-state index in [0.29, 0.717) is 10.9 Å². The Morgan fingerprint density at radius 1 is 1.23 bits per heavy atom. The first-order valence-electron chi connectivity index (χ1n) is 8.50. The molecule has 0 bridgehead atoms. The zero-order valence-corrected chi connectivity index (χ0v) is 17.2. The first kappa shape index (κ1) is 18.4. The number of benzene rings is 1. The molecular formula is C19H17ClN2OS3. The van der Waals surface area contributed by atoms with Crippen LogP contribution >= 0.6 is 46.9 Å². The maximum atomic E-state index is 12.6. The monoisotopic (exact) mass is 420 g/mol. The SMILES string of the molecule is O=C1N=C(SC/C(=C\Cl)Sc2ccccc2)N=C2SC3=C(CCCC3)C12. The summed E-state index contributed by atoms with van der Waals surface area (Å²) in [6.07, 6.45) is 4.48. The largest absolute Gasteiger partial charge is 0.271 e. The van der Waals surface area contributed by atoms with Crippen LogP contribution in [0, 0.1) is 5.92 Å². The lowest BCUT2D eigenvalue weighted by atomic mass is 9.89. The lowest BCUT2D eigenvalue weighted by molar-refractivity contribution is -0.118. The molecule has 4 rings (SSSR count). The van der Waals surface area contributed by atoms with Crippen molar-refractivity contribution in [2.24, 2.45) is 15.9 Å². The maximum Gasteiger partial charge on any atom is 0.262 e. The molecule has 0 aromatic heterocycles. The molecular weight excluding hydrogens is 404 g/mol. The van der Waals surface area contributed by atoms with E-state index in [1.165, 1.54) is 35.1 Å². The number of hydrogen-bond acceptors (Lipinski definition) is 5. The molecule has 1 unspecified atom stereocenters. The molecule has 1 aromatic rings. The van der Waals surface area contributed by atoms with Crippen molar-refractivity contribution >= 4 is 63.0 Å². The fourth-order valence-corrected chi connectivity index (χ4v) is 6.63. The molecule has 1 amide bonds. The number of thioether (sulfide) groups is 3. The quantitative estimate of drug-likeness (QED) is 0.553. The van der Waals surface area contributed by atoms with E-state index in [1.54, 1.807) is 29.1 Å². The van der Waals surface area contributed by atoms with Gasteiger partial charge in [0.15, 0.2) is 5.17 Å². The molecule has 1 aliphatic carbocycles. The number of hydrogen-bond donors (Lipinski definition) is 0. The van der Waals surface area contributed by atoms with Crippen LogP contribution in [0.5, 0.6) is 0 Å². The van der Waals surface area contributed by atoms with Gasteiger partial charge in [0.2, 0.25) is 0 Å². The van der Waals surface area contributed by atoms with E-state index in [9.17, 15) is 4.79 Å². The molecule has 2 aliphatic heterocycles. The molecule has 0 saturated heterocycles. The van der Waals surface area contributed by atoms with E-state index in [1.807, 2.05) is 30.3 Å². The summed E-state index contributed by atoms with van der Waals surface area (Å²) >= 11 is 10.8. The van der Waals surface area contributed by atoms with Crippen molar-refractivity contribution in [2.45, 2.75) is 30.6 Å². The Morgan fingerprint density at radius 3 is 2.85 bits per heavy atom. The zero-order valence-electron chi connectivity index (χ0n) is 14.0. The second kappa shape index (κ2) is 8.38. The van der Waals surface area contributed by atoms with E-state index in [-0.39, 0.29) is 11.8 Å². The number of rotatable bonds is 4. The minimum absolute atomic E-state index is 0.0518. The van der Waals surface area contributed by atoms with Crippen LogP contribution in [0.4, 0.5) is 0 Å². The zero-order chi connectivity index (χ0) is 17.9. The molecule has 0 N–H and O–H groups in total. The summed E-state index contributed by atoms with van der Waals surface area (Å²) in [6, 6.07) is 10.1. The van der Waals surface area contributed by atoms with Crippen LogP contribution in [-0.4, -0.2) is 21.9 Å². The van der Waals surface area contributed by atoms with Gasteiger partial charge in [0, 0.05) is 21.1 Å². The molecule has 1 aromatic carbocycles. The summed E-state index contributed by atoms with van der Waals surface area (Å²) < 4.78 is 0. The number of aliphatic imine (C=N–C) groups is 2. The van der Waals surface area contributed by atoms with Gasteiger partial charge in [0.25, 0.3) is 5.91 Å². The van der Waals surface area contributed by atoms with Crippen molar-refractivity contribution in [2.75, 3.05) is 5.75 Å². The third-order valence-corrected chi connectivity index (χ3v) is 8.15. The molecule has 0 radical (unpaired) electrons. The van der Waals surface area contributed by atoms with Gasteiger partial charge in [-0.1, -0.05) is 65.1 Å². The van der Waals surface area contributed by atoms with Crippen molar-refractivity contribution in [1.82, 2.24) is 0 Å². The fourth-order valence-electron chi connectivity index (χ4n) is 3.20. The summed E-state index contributed by atoms with van der Waals surface area (Å²) in [5.74, 6) is 0.402. The highest BCUT2D eigenvalue weighted by Crippen LogP contribution is 2.47. The molecule has 3 nitrogen and oxygen atoms in total. The van der Waals surface area contributed by atoms with Crippen LogP contribution < -0.4 is 0 Å². The lowest BCUT2D eigenvalue weighted by Gasteiger charge is -2.18. The van der Waals surface area contributed by atoms with Gasteiger partial charge < -0.3 is 0 Å². The van der Waals surface area contributed by atoms with E-state index < -0.39 is 0 Å². The fraction of sp³-hybridized carbons (Fsp3) is 0.316. The molecule has 0 spiro atoms. The van der Waals surface area contributed by atoms with E-state index in [4.69, 9.17) is 11.6 Å². The van der Waals surface area contributed by atoms with Gasteiger partial charge in [-0.15, -0.1) is 0 Å². The van der Waals surface area contributed by atoms with Gasteiger partial charge in [-0.3, -0.25) is 4.79 Å². The third kappa shape index (κ3) is 3.98. The van der Waals surface area contributed by atoms with Gasteiger partial charge in [0.05, 0.1) is 5.04 Å². The second-order valence-corrected chi connectivity index (χ2v) is 9.63. The highest BCUT2D eigenvalue weighted by atomic mass is 35.5. The van der Waals surface area contributed by atoms with Crippen LogP contribution in [0.25, 0.3) is 0 Å². The van der Waals surface area contributed by atoms with Gasteiger partial charge in [0.1, 0.15) is 5.92 Å². The Hall–Kier alpha value is -0.950. The summed E-state index contributed by atoms with van der Waals surface area (Å²) in [5, 5.41) is 1.48. The van der Waals surface area contributed by atoms with Gasteiger partial charge in [-0.05, 0) is 48.3 Å². The Morgan fingerprint density at radius 2 is 2.04 bits per heavy atom. The van der Waals surface area contributed by atoms with Crippen molar-refractivity contribution in [1.29, 1.82) is 0 Å².